The largest absolute Gasteiger partial charge is 0.389 e. The van der Waals surface area contributed by atoms with Gasteiger partial charge in [0.15, 0.2) is 0 Å². The molecule has 0 aliphatic heterocycles. The van der Waals surface area contributed by atoms with Crippen molar-refractivity contribution in [3.63, 3.8) is 0 Å². The van der Waals surface area contributed by atoms with Crippen molar-refractivity contribution in [3.8, 4) is 11.5 Å². The van der Waals surface area contributed by atoms with Crippen LogP contribution in [0.4, 0.5) is 0 Å². The third-order valence-corrected chi connectivity index (χ3v) is 3.55. The number of nitrogens with zero attached hydrogens (tertiary/aromatic N) is 5. The molecular formula is C16H16ClN5O2. The lowest BCUT2D eigenvalue weighted by atomic mass is 10.2. The number of hydrogen-bond donors (Lipinski definition) is 1. The number of aromatic nitrogens is 5. The summed E-state index contributed by atoms with van der Waals surface area (Å²) in [7, 11) is 0. The first-order valence-electron chi connectivity index (χ1n) is 7.40. The van der Waals surface area contributed by atoms with Crippen LogP contribution in [0.1, 0.15) is 5.56 Å². The van der Waals surface area contributed by atoms with E-state index in [2.05, 4.69) is 20.5 Å². The highest BCUT2D eigenvalue weighted by Gasteiger charge is 2.14. The van der Waals surface area contributed by atoms with Crippen molar-refractivity contribution in [2.24, 2.45) is 0 Å². The Labute approximate surface area is 143 Å². The van der Waals surface area contributed by atoms with Crippen molar-refractivity contribution in [1.82, 2.24) is 25.2 Å². The molecule has 0 saturated heterocycles. The standard InChI is InChI=1S/C16H16ClN5O2/c17-13-6-4-12(5-7-13)10-24-11-14(23)9-22-16(19-20-21-22)15-3-1-2-8-18-15/h1-8,14,23H,9-11H2/t14-/m1/s1. The van der Waals surface area contributed by atoms with Crippen LogP contribution in [0, 0.1) is 0 Å². The van der Waals surface area contributed by atoms with Gasteiger partial charge in [-0.1, -0.05) is 29.8 Å². The van der Waals surface area contributed by atoms with Gasteiger partial charge < -0.3 is 9.84 Å². The van der Waals surface area contributed by atoms with Crippen LogP contribution in [-0.2, 0) is 17.9 Å². The molecule has 7 nitrogen and oxygen atoms in total. The average molecular weight is 346 g/mol. The fourth-order valence-electron chi connectivity index (χ4n) is 2.15. The third kappa shape index (κ3) is 4.35. The minimum absolute atomic E-state index is 0.171. The van der Waals surface area contributed by atoms with Gasteiger partial charge in [-0.15, -0.1) is 5.10 Å². The molecule has 0 saturated carbocycles. The van der Waals surface area contributed by atoms with Crippen LogP contribution in [0.3, 0.4) is 0 Å². The van der Waals surface area contributed by atoms with Crippen molar-refractivity contribution in [1.29, 1.82) is 0 Å². The zero-order chi connectivity index (χ0) is 16.8. The summed E-state index contributed by atoms with van der Waals surface area (Å²) in [5.41, 5.74) is 1.64. The Morgan fingerprint density at radius 2 is 2.00 bits per heavy atom. The summed E-state index contributed by atoms with van der Waals surface area (Å²) in [5, 5.41) is 22.3. The van der Waals surface area contributed by atoms with E-state index in [9.17, 15) is 5.11 Å². The van der Waals surface area contributed by atoms with Gasteiger partial charge in [0.1, 0.15) is 5.69 Å². The first kappa shape index (κ1) is 16.5. The molecule has 0 bridgehead atoms. The summed E-state index contributed by atoms with van der Waals surface area (Å²) in [4.78, 5) is 4.21. The Morgan fingerprint density at radius 3 is 2.75 bits per heavy atom. The summed E-state index contributed by atoms with van der Waals surface area (Å²) in [6.45, 7) is 0.792. The quantitative estimate of drug-likeness (QED) is 0.704. The minimum atomic E-state index is -0.733. The SMILES string of the molecule is O[C@@H](COCc1ccc(Cl)cc1)Cn1nnnc1-c1ccccn1. The number of aliphatic hydroxyl groups excluding tert-OH is 1. The Kier molecular flexibility index (Phi) is 5.47. The number of halogens is 1. The van der Waals surface area contributed by atoms with E-state index < -0.39 is 6.10 Å². The average Bonchev–Trinajstić information content (AvgIpc) is 3.05. The number of ether oxygens (including phenoxy) is 1. The molecule has 0 unspecified atom stereocenters. The van der Waals surface area contributed by atoms with Crippen LogP contribution in [0.2, 0.25) is 5.02 Å². The molecule has 124 valence electrons. The van der Waals surface area contributed by atoms with E-state index in [1.165, 1.54) is 4.68 Å². The van der Waals surface area contributed by atoms with Crippen LogP contribution >= 0.6 is 11.6 Å². The maximum Gasteiger partial charge on any atom is 0.200 e. The Bertz CT molecular complexity index is 764. The van der Waals surface area contributed by atoms with Gasteiger partial charge in [-0.3, -0.25) is 4.98 Å². The van der Waals surface area contributed by atoms with Crippen LogP contribution in [0.15, 0.2) is 48.7 Å². The molecule has 1 atom stereocenters. The molecule has 0 spiro atoms. The monoisotopic (exact) mass is 345 g/mol. The fraction of sp³-hybridized carbons (Fsp3) is 0.250. The maximum absolute atomic E-state index is 10.1. The predicted molar refractivity (Wildman–Crippen MR) is 88.2 cm³/mol. The second-order valence-corrected chi connectivity index (χ2v) is 5.63. The van der Waals surface area contributed by atoms with Gasteiger partial charge in [-0.05, 0) is 40.3 Å². The van der Waals surface area contributed by atoms with Gasteiger partial charge in [0.25, 0.3) is 0 Å². The number of pyridine rings is 1. The Hall–Kier alpha value is -2.35. The molecule has 1 N–H and O–H groups in total. The van der Waals surface area contributed by atoms with Gasteiger partial charge in [-0.2, -0.15) is 0 Å². The summed E-state index contributed by atoms with van der Waals surface area (Å²) < 4.78 is 7.04. The van der Waals surface area contributed by atoms with Gasteiger partial charge >= 0.3 is 0 Å². The van der Waals surface area contributed by atoms with Gasteiger partial charge in [0, 0.05) is 11.2 Å². The molecular weight excluding hydrogens is 330 g/mol. The number of tetrazole rings is 1. The van der Waals surface area contributed by atoms with Crippen molar-refractivity contribution >= 4 is 11.6 Å². The van der Waals surface area contributed by atoms with Crippen molar-refractivity contribution in [3.05, 3.63) is 59.2 Å². The fourth-order valence-corrected chi connectivity index (χ4v) is 2.28. The lowest BCUT2D eigenvalue weighted by molar-refractivity contribution is 0.0187. The van der Waals surface area contributed by atoms with Crippen LogP contribution in [-0.4, -0.2) is 43.0 Å². The molecule has 24 heavy (non-hydrogen) atoms. The van der Waals surface area contributed by atoms with E-state index in [1.807, 2.05) is 30.3 Å². The highest BCUT2D eigenvalue weighted by atomic mass is 35.5. The molecule has 8 heteroatoms. The molecule has 3 rings (SSSR count). The van der Waals surface area contributed by atoms with Gasteiger partial charge in [0.2, 0.25) is 5.82 Å². The van der Waals surface area contributed by atoms with Crippen molar-refractivity contribution in [2.75, 3.05) is 6.61 Å². The van der Waals surface area contributed by atoms with Crippen LogP contribution < -0.4 is 0 Å². The molecule has 2 heterocycles. The zero-order valence-corrected chi connectivity index (χ0v) is 13.5. The van der Waals surface area contributed by atoms with E-state index in [0.717, 1.165) is 5.56 Å². The van der Waals surface area contributed by atoms with Gasteiger partial charge in [0.05, 0.1) is 25.9 Å². The van der Waals surface area contributed by atoms with E-state index in [0.29, 0.717) is 23.1 Å². The van der Waals surface area contributed by atoms with E-state index in [4.69, 9.17) is 16.3 Å². The molecule has 0 fully saturated rings. The second-order valence-electron chi connectivity index (χ2n) is 5.19. The highest BCUT2D eigenvalue weighted by molar-refractivity contribution is 6.30. The lowest BCUT2D eigenvalue weighted by Crippen LogP contribution is -2.23. The van der Waals surface area contributed by atoms with Crippen LogP contribution in [0.25, 0.3) is 11.5 Å². The smallest absolute Gasteiger partial charge is 0.200 e. The summed E-state index contributed by atoms with van der Waals surface area (Å²) >= 11 is 5.83. The molecule has 0 amide bonds. The lowest BCUT2D eigenvalue weighted by Gasteiger charge is -2.12. The first-order chi connectivity index (χ1) is 11.7. The highest BCUT2D eigenvalue weighted by Crippen LogP contribution is 2.13. The van der Waals surface area contributed by atoms with Crippen molar-refractivity contribution < 1.29 is 9.84 Å². The molecule has 0 radical (unpaired) electrons. The third-order valence-electron chi connectivity index (χ3n) is 3.30. The normalized spacial score (nSPS) is 12.2. The maximum atomic E-state index is 10.1. The topological polar surface area (TPSA) is 86.0 Å². The molecule has 0 aliphatic rings. The van der Waals surface area contributed by atoms with E-state index in [1.54, 1.807) is 18.3 Å². The zero-order valence-electron chi connectivity index (χ0n) is 12.8. The number of aliphatic hydroxyl groups is 1. The second kappa shape index (κ2) is 7.96. The number of rotatable bonds is 7. The summed E-state index contributed by atoms with van der Waals surface area (Å²) in [5.74, 6) is 0.507. The first-order valence-corrected chi connectivity index (χ1v) is 7.78. The van der Waals surface area contributed by atoms with E-state index in [-0.39, 0.29) is 13.2 Å². The number of benzene rings is 1. The summed E-state index contributed by atoms with van der Waals surface area (Å²) in [6.07, 6.45) is 0.934. The van der Waals surface area contributed by atoms with Crippen molar-refractivity contribution in [2.45, 2.75) is 19.3 Å². The summed E-state index contributed by atoms with van der Waals surface area (Å²) in [6, 6.07) is 12.9. The van der Waals surface area contributed by atoms with Gasteiger partial charge in [-0.25, -0.2) is 4.68 Å². The molecule has 1 aromatic carbocycles. The molecule has 3 aromatic rings. The molecule has 2 aromatic heterocycles. The minimum Gasteiger partial charge on any atom is -0.389 e. The predicted octanol–water partition coefficient (Wildman–Crippen LogP) is 1.97. The van der Waals surface area contributed by atoms with Crippen LogP contribution in [0.5, 0.6) is 0 Å². The Balaban J connectivity index is 1.53. The Morgan fingerprint density at radius 1 is 1.17 bits per heavy atom. The number of hydrogen-bond acceptors (Lipinski definition) is 6. The molecule has 0 aliphatic carbocycles. The van der Waals surface area contributed by atoms with E-state index >= 15 is 0 Å².